The number of benzene rings is 1. The monoisotopic (exact) mass is 459 g/mol. The summed E-state index contributed by atoms with van der Waals surface area (Å²) in [7, 11) is 3.08. The summed E-state index contributed by atoms with van der Waals surface area (Å²) in [5.74, 6) is 1.26. The molecule has 0 unspecified atom stereocenters. The molecule has 2 aliphatic rings. The zero-order chi connectivity index (χ0) is 22.7. The summed E-state index contributed by atoms with van der Waals surface area (Å²) in [6.45, 7) is 3.36. The fourth-order valence-corrected chi connectivity index (χ4v) is 4.13. The van der Waals surface area contributed by atoms with E-state index in [1.54, 1.807) is 42.2 Å². The lowest BCUT2D eigenvalue weighted by molar-refractivity contribution is 0.0532. The molecule has 0 radical (unpaired) electrons. The Morgan fingerprint density at radius 2 is 1.44 bits per heavy atom. The summed E-state index contributed by atoms with van der Waals surface area (Å²) in [6, 6.07) is 5.08. The van der Waals surface area contributed by atoms with Crippen LogP contribution in [0.1, 0.15) is 33.7 Å². The molecule has 2 aromatic rings. The van der Waals surface area contributed by atoms with Gasteiger partial charge < -0.3 is 24.2 Å². The SMILES string of the molecule is COc1cc(OC)cc(C(=O)N2CCN(C(=O)c3nc(N4CCCC4)ncc3Cl)CC2)c1. The van der Waals surface area contributed by atoms with Crippen LogP contribution in [0.15, 0.2) is 24.4 Å². The predicted octanol–water partition coefficient (Wildman–Crippen LogP) is 2.35. The summed E-state index contributed by atoms with van der Waals surface area (Å²) < 4.78 is 10.5. The Kier molecular flexibility index (Phi) is 6.64. The van der Waals surface area contributed by atoms with Crippen molar-refractivity contribution in [2.45, 2.75) is 12.8 Å². The molecule has 1 aromatic carbocycles. The minimum atomic E-state index is -0.243. The van der Waals surface area contributed by atoms with E-state index in [4.69, 9.17) is 21.1 Å². The van der Waals surface area contributed by atoms with E-state index in [2.05, 4.69) is 14.9 Å². The first-order chi connectivity index (χ1) is 15.5. The number of halogens is 1. The van der Waals surface area contributed by atoms with Gasteiger partial charge in [0.15, 0.2) is 5.69 Å². The topological polar surface area (TPSA) is 88.1 Å². The van der Waals surface area contributed by atoms with Crippen molar-refractivity contribution in [3.63, 3.8) is 0 Å². The molecule has 9 nitrogen and oxygen atoms in total. The second-order valence-corrected chi connectivity index (χ2v) is 8.15. The molecule has 2 saturated heterocycles. The smallest absolute Gasteiger partial charge is 0.274 e. The van der Waals surface area contributed by atoms with E-state index < -0.39 is 0 Å². The Hall–Kier alpha value is -3.07. The van der Waals surface area contributed by atoms with Gasteiger partial charge in [-0.05, 0) is 25.0 Å². The van der Waals surface area contributed by atoms with Gasteiger partial charge in [-0.3, -0.25) is 9.59 Å². The minimum absolute atomic E-state index is 0.134. The van der Waals surface area contributed by atoms with Gasteiger partial charge >= 0.3 is 0 Å². The fraction of sp³-hybridized carbons (Fsp3) is 0.455. The molecule has 32 heavy (non-hydrogen) atoms. The number of rotatable bonds is 5. The van der Waals surface area contributed by atoms with Gasteiger partial charge in [-0.15, -0.1) is 0 Å². The Morgan fingerprint density at radius 3 is 2.00 bits per heavy atom. The highest BCUT2D eigenvalue weighted by Crippen LogP contribution is 2.25. The number of methoxy groups -OCH3 is 2. The quantitative estimate of drug-likeness (QED) is 0.678. The maximum absolute atomic E-state index is 13.1. The van der Waals surface area contributed by atoms with Crippen molar-refractivity contribution in [3.05, 3.63) is 40.7 Å². The van der Waals surface area contributed by atoms with Crippen LogP contribution in [0.2, 0.25) is 5.02 Å². The molecule has 0 saturated carbocycles. The first-order valence-electron chi connectivity index (χ1n) is 10.6. The van der Waals surface area contributed by atoms with Gasteiger partial charge in [0.05, 0.1) is 25.4 Å². The minimum Gasteiger partial charge on any atom is -0.497 e. The zero-order valence-corrected chi connectivity index (χ0v) is 19.0. The van der Waals surface area contributed by atoms with Crippen LogP contribution in [-0.2, 0) is 0 Å². The van der Waals surface area contributed by atoms with E-state index in [0.717, 1.165) is 25.9 Å². The van der Waals surface area contributed by atoms with Crippen LogP contribution in [0.25, 0.3) is 0 Å². The molecule has 0 N–H and O–H groups in total. The molecule has 1 aromatic heterocycles. The van der Waals surface area contributed by atoms with E-state index >= 15 is 0 Å². The van der Waals surface area contributed by atoms with Crippen LogP contribution < -0.4 is 14.4 Å². The van der Waals surface area contributed by atoms with Crippen molar-refractivity contribution in [1.82, 2.24) is 19.8 Å². The molecule has 0 bridgehead atoms. The van der Waals surface area contributed by atoms with Crippen LogP contribution >= 0.6 is 11.6 Å². The van der Waals surface area contributed by atoms with E-state index in [1.165, 1.54) is 6.20 Å². The molecular formula is C22H26ClN5O4. The fourth-order valence-electron chi connectivity index (χ4n) is 3.95. The molecule has 3 heterocycles. The number of anilines is 1. The lowest BCUT2D eigenvalue weighted by Crippen LogP contribution is -2.50. The normalized spacial score (nSPS) is 16.3. The number of hydrogen-bond donors (Lipinski definition) is 0. The third-order valence-electron chi connectivity index (χ3n) is 5.78. The van der Waals surface area contributed by atoms with E-state index in [0.29, 0.717) is 49.2 Å². The molecular weight excluding hydrogens is 434 g/mol. The Morgan fingerprint density at radius 1 is 0.875 bits per heavy atom. The van der Waals surface area contributed by atoms with Gasteiger partial charge in [0.1, 0.15) is 11.5 Å². The van der Waals surface area contributed by atoms with Crippen molar-refractivity contribution < 1.29 is 19.1 Å². The highest BCUT2D eigenvalue weighted by molar-refractivity contribution is 6.33. The maximum Gasteiger partial charge on any atom is 0.274 e. The van der Waals surface area contributed by atoms with Crippen LogP contribution in [0, 0.1) is 0 Å². The second kappa shape index (κ2) is 9.60. The van der Waals surface area contributed by atoms with Crippen LogP contribution in [0.5, 0.6) is 11.5 Å². The predicted molar refractivity (Wildman–Crippen MR) is 120 cm³/mol. The zero-order valence-electron chi connectivity index (χ0n) is 18.2. The number of ether oxygens (including phenoxy) is 2. The molecule has 0 spiro atoms. The number of carbonyl (C=O) groups is 2. The summed E-state index contributed by atoms with van der Waals surface area (Å²) >= 11 is 6.25. The van der Waals surface area contributed by atoms with Crippen molar-refractivity contribution in [2.24, 2.45) is 0 Å². The van der Waals surface area contributed by atoms with E-state index in [-0.39, 0.29) is 22.5 Å². The van der Waals surface area contributed by atoms with E-state index in [1.807, 2.05) is 0 Å². The highest BCUT2D eigenvalue weighted by atomic mass is 35.5. The Balaban J connectivity index is 1.43. The molecule has 170 valence electrons. The third kappa shape index (κ3) is 4.57. The lowest BCUT2D eigenvalue weighted by Gasteiger charge is -2.35. The van der Waals surface area contributed by atoms with Crippen molar-refractivity contribution in [3.8, 4) is 11.5 Å². The average Bonchev–Trinajstić information content (AvgIpc) is 3.38. The molecule has 0 aliphatic carbocycles. The third-order valence-corrected chi connectivity index (χ3v) is 6.05. The largest absolute Gasteiger partial charge is 0.497 e. The van der Waals surface area contributed by atoms with Gasteiger partial charge in [0.2, 0.25) is 5.95 Å². The number of nitrogens with zero attached hydrogens (tertiary/aromatic N) is 5. The number of amides is 2. The summed E-state index contributed by atoms with van der Waals surface area (Å²) in [4.78, 5) is 40.3. The van der Waals surface area contributed by atoms with Gasteiger partial charge in [-0.1, -0.05) is 11.6 Å². The molecule has 2 amide bonds. The molecule has 2 fully saturated rings. The Bertz CT molecular complexity index is 982. The number of piperazine rings is 1. The number of aromatic nitrogens is 2. The van der Waals surface area contributed by atoms with Gasteiger partial charge in [0, 0.05) is 50.9 Å². The van der Waals surface area contributed by atoms with Gasteiger partial charge in [0.25, 0.3) is 11.8 Å². The average molecular weight is 460 g/mol. The summed E-state index contributed by atoms with van der Waals surface area (Å²) in [5, 5.41) is 0.236. The first kappa shape index (κ1) is 22.1. The van der Waals surface area contributed by atoms with Crippen LogP contribution in [-0.4, -0.2) is 85.1 Å². The van der Waals surface area contributed by atoms with Gasteiger partial charge in [-0.2, -0.15) is 0 Å². The molecule has 2 aliphatic heterocycles. The first-order valence-corrected chi connectivity index (χ1v) is 11.0. The van der Waals surface area contributed by atoms with Gasteiger partial charge in [-0.25, -0.2) is 9.97 Å². The molecule has 0 atom stereocenters. The standard InChI is InChI=1S/C22H26ClN5O4/c1-31-16-11-15(12-17(13-16)32-2)20(29)26-7-9-27(10-8-26)21(30)19-18(23)14-24-22(25-19)28-5-3-4-6-28/h11-14H,3-10H2,1-2H3. The van der Waals surface area contributed by atoms with E-state index in [9.17, 15) is 9.59 Å². The Labute approximate surface area is 191 Å². The molecule has 10 heteroatoms. The lowest BCUT2D eigenvalue weighted by atomic mass is 10.1. The second-order valence-electron chi connectivity index (χ2n) is 7.75. The molecule has 4 rings (SSSR count). The van der Waals surface area contributed by atoms with Crippen molar-refractivity contribution in [2.75, 3.05) is 58.4 Å². The van der Waals surface area contributed by atoms with Crippen molar-refractivity contribution >= 4 is 29.4 Å². The van der Waals surface area contributed by atoms with Crippen LogP contribution in [0.4, 0.5) is 5.95 Å². The van der Waals surface area contributed by atoms with Crippen LogP contribution in [0.3, 0.4) is 0 Å². The number of carbonyl (C=O) groups excluding carboxylic acids is 2. The maximum atomic E-state index is 13.1. The summed E-state index contributed by atoms with van der Waals surface area (Å²) in [6.07, 6.45) is 3.67. The summed E-state index contributed by atoms with van der Waals surface area (Å²) in [5.41, 5.74) is 0.691. The highest BCUT2D eigenvalue weighted by Gasteiger charge is 2.29. The number of hydrogen-bond acceptors (Lipinski definition) is 7. The van der Waals surface area contributed by atoms with Crippen molar-refractivity contribution in [1.29, 1.82) is 0 Å².